The molecule has 1 nitrogen and oxygen atoms in total. The molecule has 2 rings (SSSR count). The lowest BCUT2D eigenvalue weighted by Crippen LogP contribution is -2.34. The van der Waals surface area contributed by atoms with Gasteiger partial charge in [-0.15, -0.1) is 11.6 Å². The summed E-state index contributed by atoms with van der Waals surface area (Å²) < 4.78 is 30.9. The largest absolute Gasteiger partial charge is 0.487 e. The Morgan fingerprint density at radius 1 is 1.29 bits per heavy atom. The number of halogens is 3. The van der Waals surface area contributed by atoms with Crippen LogP contribution in [-0.4, -0.2) is 11.5 Å². The number of alkyl halides is 1. The zero-order chi connectivity index (χ0) is 10.1. The molecular weight excluding hydrogens is 210 g/mol. The fourth-order valence-corrected chi connectivity index (χ4v) is 1.75. The third kappa shape index (κ3) is 1.98. The number of hydrogen-bond donors (Lipinski definition) is 0. The van der Waals surface area contributed by atoms with Gasteiger partial charge in [0.1, 0.15) is 11.9 Å². The van der Waals surface area contributed by atoms with Crippen LogP contribution in [0.2, 0.25) is 0 Å². The van der Waals surface area contributed by atoms with Crippen LogP contribution < -0.4 is 4.74 Å². The molecular formula is C10H9ClF2O. The van der Waals surface area contributed by atoms with Gasteiger partial charge in [0.05, 0.1) is 0 Å². The van der Waals surface area contributed by atoms with Crippen LogP contribution in [0.1, 0.15) is 12.8 Å². The van der Waals surface area contributed by atoms with E-state index in [0.717, 1.165) is 18.9 Å². The van der Waals surface area contributed by atoms with Gasteiger partial charge in [-0.25, -0.2) is 8.78 Å². The van der Waals surface area contributed by atoms with Crippen molar-refractivity contribution in [2.45, 2.75) is 24.3 Å². The number of hydrogen-bond acceptors (Lipinski definition) is 1. The van der Waals surface area contributed by atoms with Gasteiger partial charge in [0.15, 0.2) is 11.6 Å². The number of ether oxygens (including phenoxy) is 1. The first-order valence-corrected chi connectivity index (χ1v) is 4.84. The molecule has 0 aliphatic heterocycles. The molecule has 0 unspecified atom stereocenters. The Morgan fingerprint density at radius 3 is 2.57 bits per heavy atom. The van der Waals surface area contributed by atoms with E-state index >= 15 is 0 Å². The molecule has 1 aromatic rings. The van der Waals surface area contributed by atoms with Crippen LogP contribution in [-0.2, 0) is 0 Å². The van der Waals surface area contributed by atoms with Crippen molar-refractivity contribution in [1.82, 2.24) is 0 Å². The molecule has 14 heavy (non-hydrogen) atoms. The Morgan fingerprint density at radius 2 is 2.00 bits per heavy atom. The average Bonchev–Trinajstić information content (AvgIpc) is 2.06. The van der Waals surface area contributed by atoms with E-state index < -0.39 is 11.6 Å². The van der Waals surface area contributed by atoms with Gasteiger partial charge in [-0.2, -0.15) is 0 Å². The summed E-state index contributed by atoms with van der Waals surface area (Å²) in [5.41, 5.74) is 0. The topological polar surface area (TPSA) is 9.23 Å². The fraction of sp³-hybridized carbons (Fsp3) is 0.400. The molecule has 0 heterocycles. The molecule has 0 N–H and O–H groups in total. The molecule has 0 spiro atoms. The summed E-state index contributed by atoms with van der Waals surface area (Å²) in [7, 11) is 0. The highest BCUT2D eigenvalue weighted by Gasteiger charge is 2.29. The van der Waals surface area contributed by atoms with Crippen molar-refractivity contribution in [3.05, 3.63) is 29.8 Å². The van der Waals surface area contributed by atoms with E-state index in [1.807, 2.05) is 0 Å². The normalized spacial score (nSPS) is 25.6. The first-order chi connectivity index (χ1) is 6.65. The van der Waals surface area contributed by atoms with Gasteiger partial charge in [0.25, 0.3) is 0 Å². The number of benzene rings is 1. The third-order valence-corrected chi connectivity index (χ3v) is 2.58. The molecule has 1 aromatic carbocycles. The predicted molar refractivity (Wildman–Crippen MR) is 49.6 cm³/mol. The zero-order valence-corrected chi connectivity index (χ0v) is 8.10. The second kappa shape index (κ2) is 3.73. The van der Waals surface area contributed by atoms with E-state index in [1.54, 1.807) is 0 Å². The molecule has 1 fully saturated rings. The van der Waals surface area contributed by atoms with Crippen molar-refractivity contribution < 1.29 is 13.5 Å². The van der Waals surface area contributed by atoms with E-state index in [-0.39, 0.29) is 17.2 Å². The maximum atomic E-state index is 13.1. The molecule has 0 atom stereocenters. The van der Waals surface area contributed by atoms with Crippen molar-refractivity contribution >= 4 is 11.6 Å². The monoisotopic (exact) mass is 218 g/mol. The highest BCUT2D eigenvalue weighted by atomic mass is 35.5. The minimum absolute atomic E-state index is 0.0301. The van der Waals surface area contributed by atoms with E-state index in [1.165, 1.54) is 12.1 Å². The lowest BCUT2D eigenvalue weighted by atomic mass is 9.95. The van der Waals surface area contributed by atoms with Crippen molar-refractivity contribution in [2.24, 2.45) is 0 Å². The lowest BCUT2D eigenvalue weighted by Gasteiger charge is -2.31. The Hall–Kier alpha value is -0.830. The third-order valence-electron chi connectivity index (χ3n) is 2.22. The van der Waals surface area contributed by atoms with E-state index in [9.17, 15) is 8.78 Å². The van der Waals surface area contributed by atoms with Crippen molar-refractivity contribution in [2.75, 3.05) is 0 Å². The summed E-state index contributed by atoms with van der Waals surface area (Å²) in [4.78, 5) is 0. The van der Waals surface area contributed by atoms with Crippen molar-refractivity contribution in [3.63, 3.8) is 0 Å². The summed E-state index contributed by atoms with van der Waals surface area (Å²) in [5, 5.41) is 0.128. The smallest absolute Gasteiger partial charge is 0.167 e. The van der Waals surface area contributed by atoms with Crippen molar-refractivity contribution in [3.8, 4) is 5.75 Å². The molecule has 1 saturated carbocycles. The molecule has 0 saturated heterocycles. The van der Waals surface area contributed by atoms with Crippen LogP contribution in [0.15, 0.2) is 18.2 Å². The highest BCUT2D eigenvalue weighted by Crippen LogP contribution is 2.30. The van der Waals surface area contributed by atoms with Gasteiger partial charge in [-0.05, 0) is 12.1 Å². The summed E-state index contributed by atoms with van der Waals surface area (Å²) in [6.45, 7) is 0. The van der Waals surface area contributed by atoms with E-state index in [2.05, 4.69) is 0 Å². The zero-order valence-electron chi connectivity index (χ0n) is 7.34. The van der Waals surface area contributed by atoms with Gasteiger partial charge in [-0.3, -0.25) is 0 Å². The maximum absolute atomic E-state index is 13.1. The standard InChI is InChI=1S/C10H9ClF2O/c11-6-3-8(4-6)14-10-2-1-7(12)5-9(10)13/h1-2,5-6,8H,3-4H2. The van der Waals surface area contributed by atoms with Crippen LogP contribution in [0, 0.1) is 11.6 Å². The average molecular weight is 219 g/mol. The van der Waals surface area contributed by atoms with E-state index in [4.69, 9.17) is 16.3 Å². The molecule has 1 aliphatic rings. The summed E-state index contributed by atoms with van der Waals surface area (Å²) in [6, 6.07) is 3.29. The van der Waals surface area contributed by atoms with Crippen LogP contribution in [0.4, 0.5) is 8.78 Å². The lowest BCUT2D eigenvalue weighted by molar-refractivity contribution is 0.118. The summed E-state index contributed by atoms with van der Waals surface area (Å²) in [6.07, 6.45) is 1.41. The van der Waals surface area contributed by atoms with E-state index in [0.29, 0.717) is 0 Å². The fourth-order valence-electron chi connectivity index (χ4n) is 1.35. The number of rotatable bonds is 2. The molecule has 0 bridgehead atoms. The van der Waals surface area contributed by atoms with Gasteiger partial charge in [-0.1, -0.05) is 0 Å². The van der Waals surface area contributed by atoms with Crippen molar-refractivity contribution in [1.29, 1.82) is 0 Å². The van der Waals surface area contributed by atoms with Gasteiger partial charge >= 0.3 is 0 Å². The molecule has 0 aromatic heterocycles. The van der Waals surface area contributed by atoms with Gasteiger partial charge < -0.3 is 4.74 Å². The minimum atomic E-state index is -0.664. The Kier molecular flexibility index (Phi) is 2.59. The van der Waals surface area contributed by atoms with Gasteiger partial charge in [0, 0.05) is 24.3 Å². The van der Waals surface area contributed by atoms with Crippen LogP contribution in [0.5, 0.6) is 5.75 Å². The molecule has 0 radical (unpaired) electrons. The first kappa shape index (κ1) is 9.71. The highest BCUT2D eigenvalue weighted by molar-refractivity contribution is 6.21. The summed E-state index contributed by atoms with van der Waals surface area (Å²) in [5.74, 6) is -1.17. The second-order valence-electron chi connectivity index (χ2n) is 3.38. The SMILES string of the molecule is Fc1ccc(OC2CC(Cl)C2)c(F)c1. The maximum Gasteiger partial charge on any atom is 0.167 e. The van der Waals surface area contributed by atoms with Crippen LogP contribution in [0.3, 0.4) is 0 Å². The quantitative estimate of drug-likeness (QED) is 0.693. The Bertz CT molecular complexity index is 337. The van der Waals surface area contributed by atoms with Crippen LogP contribution >= 0.6 is 11.6 Å². The first-order valence-electron chi connectivity index (χ1n) is 4.41. The predicted octanol–water partition coefficient (Wildman–Crippen LogP) is 3.11. The molecule has 4 heteroatoms. The molecule has 1 aliphatic carbocycles. The Labute approximate surface area is 85.6 Å². The van der Waals surface area contributed by atoms with Gasteiger partial charge in [0.2, 0.25) is 0 Å². The molecule has 76 valence electrons. The second-order valence-corrected chi connectivity index (χ2v) is 4.00. The Balaban J connectivity index is 2.02. The van der Waals surface area contributed by atoms with Crippen LogP contribution in [0.25, 0.3) is 0 Å². The summed E-state index contributed by atoms with van der Waals surface area (Å²) >= 11 is 5.74. The minimum Gasteiger partial charge on any atom is -0.487 e. The molecule has 0 amide bonds.